The van der Waals surface area contributed by atoms with Gasteiger partial charge in [-0.25, -0.2) is 13.6 Å². The molecule has 20 heavy (non-hydrogen) atoms. The van der Waals surface area contributed by atoms with Gasteiger partial charge >= 0.3 is 5.69 Å². The maximum absolute atomic E-state index is 10.8. The Balaban J connectivity index is 2.41. The summed E-state index contributed by atoms with van der Waals surface area (Å²) in [6, 6.07) is 4.16. The number of nitro benzene ring substituents is 1. The van der Waals surface area contributed by atoms with Crippen LogP contribution in [0.25, 0.3) is 0 Å². The zero-order valence-electron chi connectivity index (χ0n) is 10.6. The minimum absolute atomic E-state index is 0.0753. The molecule has 9 heteroatoms. The van der Waals surface area contributed by atoms with Gasteiger partial charge in [0.1, 0.15) is 0 Å². The number of nitrogens with two attached hydrogens (primary N) is 1. The van der Waals surface area contributed by atoms with Crippen LogP contribution in [0.4, 0.5) is 5.69 Å². The van der Waals surface area contributed by atoms with Gasteiger partial charge < -0.3 is 4.74 Å². The van der Waals surface area contributed by atoms with Crippen LogP contribution in [0.15, 0.2) is 18.2 Å². The number of hydrogen-bond acceptors (Lipinski definition) is 5. The lowest BCUT2D eigenvalue weighted by Gasteiger charge is -2.06. The Morgan fingerprint density at radius 2 is 2.00 bits per heavy atom. The van der Waals surface area contributed by atoms with Crippen molar-refractivity contribution in [2.24, 2.45) is 5.14 Å². The average Bonchev–Trinajstić information content (AvgIpc) is 2.33. The minimum Gasteiger partial charge on any atom is -0.487 e. The molecule has 0 radical (unpaired) electrons. The number of rotatable bonds is 8. The Kier molecular flexibility index (Phi) is 6.18. The summed E-state index contributed by atoms with van der Waals surface area (Å²) in [5.41, 5.74) is -0.193. The molecule has 1 aromatic rings. The van der Waals surface area contributed by atoms with Crippen LogP contribution in [0.3, 0.4) is 0 Å². The third-order valence-electron chi connectivity index (χ3n) is 2.45. The Bertz CT molecular complexity index is 576. The molecule has 2 N–H and O–H groups in total. The zero-order chi connectivity index (χ0) is 15.2. The summed E-state index contributed by atoms with van der Waals surface area (Å²) < 4.78 is 26.7. The summed E-state index contributed by atoms with van der Waals surface area (Å²) >= 11 is 5.68. The van der Waals surface area contributed by atoms with Crippen LogP contribution in [-0.4, -0.2) is 25.7 Å². The molecule has 0 bridgehead atoms. The number of ether oxygens (including phenoxy) is 1. The van der Waals surface area contributed by atoms with Crippen molar-refractivity contribution in [1.82, 2.24) is 0 Å². The second kappa shape index (κ2) is 7.41. The molecule has 1 rings (SSSR count). The summed E-state index contributed by atoms with van der Waals surface area (Å²) in [5.74, 6) is 0.0690. The third-order valence-corrected chi connectivity index (χ3v) is 3.54. The van der Waals surface area contributed by atoms with Crippen molar-refractivity contribution in [3.8, 4) is 5.75 Å². The Morgan fingerprint density at radius 3 is 2.60 bits per heavy atom. The number of hydrogen-bond donors (Lipinski definition) is 1. The van der Waals surface area contributed by atoms with Crippen LogP contribution in [-0.2, 0) is 10.0 Å². The van der Waals surface area contributed by atoms with Crippen LogP contribution in [0.5, 0.6) is 5.75 Å². The Morgan fingerprint density at radius 1 is 1.30 bits per heavy atom. The molecule has 0 aromatic heterocycles. The molecule has 0 spiro atoms. The fourth-order valence-corrected chi connectivity index (χ4v) is 2.29. The molecule has 0 aliphatic heterocycles. The number of nitro groups is 1. The maximum atomic E-state index is 10.8. The van der Waals surface area contributed by atoms with Gasteiger partial charge in [0.05, 0.1) is 17.3 Å². The standard InChI is InChI=1S/C11H15ClN2O5S/c12-9-4-5-11(10(8-9)14(15)16)19-6-2-1-3-7-20(13,17)18/h4-5,8H,1-3,6-7H2,(H2,13,17,18). The highest BCUT2D eigenvalue weighted by atomic mass is 35.5. The van der Waals surface area contributed by atoms with E-state index in [-0.39, 0.29) is 28.8 Å². The molecule has 7 nitrogen and oxygen atoms in total. The molecule has 0 heterocycles. The van der Waals surface area contributed by atoms with E-state index in [1.165, 1.54) is 18.2 Å². The van der Waals surface area contributed by atoms with E-state index >= 15 is 0 Å². The van der Waals surface area contributed by atoms with Crippen molar-refractivity contribution in [2.75, 3.05) is 12.4 Å². The van der Waals surface area contributed by atoms with E-state index in [0.29, 0.717) is 19.3 Å². The predicted octanol–water partition coefficient (Wildman–Crippen LogP) is 2.09. The first kappa shape index (κ1) is 16.7. The van der Waals surface area contributed by atoms with Crippen molar-refractivity contribution >= 4 is 27.3 Å². The monoisotopic (exact) mass is 322 g/mol. The van der Waals surface area contributed by atoms with Crippen LogP contribution in [0.1, 0.15) is 19.3 Å². The van der Waals surface area contributed by atoms with Crippen LogP contribution >= 0.6 is 11.6 Å². The highest BCUT2D eigenvalue weighted by Crippen LogP contribution is 2.29. The summed E-state index contributed by atoms with van der Waals surface area (Å²) in [6.07, 6.45) is 1.62. The maximum Gasteiger partial charge on any atom is 0.312 e. The van der Waals surface area contributed by atoms with Crippen molar-refractivity contribution < 1.29 is 18.1 Å². The Labute approximate surface area is 121 Å². The van der Waals surface area contributed by atoms with Gasteiger partial charge in [0.15, 0.2) is 5.75 Å². The van der Waals surface area contributed by atoms with E-state index in [9.17, 15) is 18.5 Å². The van der Waals surface area contributed by atoms with Gasteiger partial charge in [-0.1, -0.05) is 11.6 Å². The summed E-state index contributed by atoms with van der Waals surface area (Å²) in [5, 5.41) is 15.9. The first-order valence-electron chi connectivity index (χ1n) is 5.87. The largest absolute Gasteiger partial charge is 0.487 e. The quantitative estimate of drug-likeness (QED) is 0.447. The molecule has 112 valence electrons. The van der Waals surface area contributed by atoms with Gasteiger partial charge in [0, 0.05) is 11.1 Å². The molecule has 0 aliphatic carbocycles. The lowest BCUT2D eigenvalue weighted by atomic mass is 10.2. The third kappa shape index (κ3) is 6.18. The van der Waals surface area contributed by atoms with E-state index in [1.54, 1.807) is 0 Å². The molecule has 0 unspecified atom stereocenters. The summed E-state index contributed by atoms with van der Waals surface area (Å²) in [4.78, 5) is 10.2. The summed E-state index contributed by atoms with van der Waals surface area (Å²) in [7, 11) is -3.43. The molecule has 0 saturated carbocycles. The van der Waals surface area contributed by atoms with Crippen molar-refractivity contribution in [3.63, 3.8) is 0 Å². The number of benzene rings is 1. The fourth-order valence-electron chi connectivity index (χ4n) is 1.52. The molecule has 0 aliphatic rings. The number of nitrogens with zero attached hydrogens (tertiary/aromatic N) is 1. The second-order valence-corrected chi connectivity index (χ2v) is 6.32. The van der Waals surface area contributed by atoms with Crippen molar-refractivity contribution in [3.05, 3.63) is 33.3 Å². The van der Waals surface area contributed by atoms with Crippen LogP contribution in [0.2, 0.25) is 5.02 Å². The Hall–Kier alpha value is -1.38. The van der Waals surface area contributed by atoms with E-state index in [0.717, 1.165) is 0 Å². The van der Waals surface area contributed by atoms with Gasteiger partial charge in [0.2, 0.25) is 10.0 Å². The van der Waals surface area contributed by atoms with Crippen molar-refractivity contribution in [1.29, 1.82) is 0 Å². The average molecular weight is 323 g/mol. The van der Waals surface area contributed by atoms with Crippen molar-refractivity contribution in [2.45, 2.75) is 19.3 Å². The first-order chi connectivity index (χ1) is 9.29. The molecule has 0 atom stereocenters. The second-order valence-electron chi connectivity index (χ2n) is 4.15. The number of sulfonamides is 1. The molecular weight excluding hydrogens is 308 g/mol. The highest BCUT2D eigenvalue weighted by Gasteiger charge is 2.15. The SMILES string of the molecule is NS(=O)(=O)CCCCCOc1ccc(Cl)cc1[N+](=O)[O-]. The van der Waals surface area contributed by atoms with Crippen LogP contribution < -0.4 is 9.88 Å². The van der Waals surface area contributed by atoms with Gasteiger partial charge in [-0.2, -0.15) is 0 Å². The molecule has 0 amide bonds. The van der Waals surface area contributed by atoms with Gasteiger partial charge in [-0.3, -0.25) is 10.1 Å². The fraction of sp³-hybridized carbons (Fsp3) is 0.455. The molecule has 0 saturated heterocycles. The molecule has 1 aromatic carbocycles. The van der Waals surface area contributed by atoms with E-state index in [2.05, 4.69) is 0 Å². The lowest BCUT2D eigenvalue weighted by Crippen LogP contribution is -2.16. The molecule has 0 fully saturated rings. The number of primary sulfonamides is 1. The lowest BCUT2D eigenvalue weighted by molar-refractivity contribution is -0.385. The number of halogens is 1. The van der Waals surface area contributed by atoms with Crippen LogP contribution in [0, 0.1) is 10.1 Å². The van der Waals surface area contributed by atoms with Gasteiger partial charge in [0.25, 0.3) is 0 Å². The topological polar surface area (TPSA) is 113 Å². The first-order valence-corrected chi connectivity index (χ1v) is 7.96. The van der Waals surface area contributed by atoms with E-state index in [1.807, 2.05) is 0 Å². The highest BCUT2D eigenvalue weighted by molar-refractivity contribution is 7.89. The van der Waals surface area contributed by atoms with E-state index in [4.69, 9.17) is 21.5 Å². The normalized spacial score (nSPS) is 11.3. The smallest absolute Gasteiger partial charge is 0.312 e. The predicted molar refractivity (Wildman–Crippen MR) is 75.4 cm³/mol. The zero-order valence-corrected chi connectivity index (χ0v) is 12.2. The van der Waals surface area contributed by atoms with Gasteiger partial charge in [-0.05, 0) is 31.4 Å². The number of unbranched alkanes of at least 4 members (excludes halogenated alkanes) is 2. The van der Waals surface area contributed by atoms with E-state index < -0.39 is 14.9 Å². The minimum atomic E-state index is -3.43. The summed E-state index contributed by atoms with van der Waals surface area (Å²) in [6.45, 7) is 0.257. The van der Waals surface area contributed by atoms with Gasteiger partial charge in [-0.15, -0.1) is 0 Å². The molecular formula is C11H15ClN2O5S.